The molecule has 0 fully saturated rings. The molecule has 0 aliphatic rings. The highest BCUT2D eigenvalue weighted by Gasteiger charge is 2.42. The minimum Gasteiger partial charge on any atom is -0.339 e. The molecule has 0 saturated carbocycles. The number of hydrogen-bond acceptors (Lipinski definition) is 3. The molecular formula is C16H19BrF3N3O. The molecule has 0 heterocycles. The van der Waals surface area contributed by atoms with Gasteiger partial charge in [-0.3, -0.25) is 10.1 Å². The molecule has 1 rings (SSSR count). The summed E-state index contributed by atoms with van der Waals surface area (Å²) < 4.78 is 40.6. The Hall–Kier alpha value is -1.59. The first-order valence-electron chi connectivity index (χ1n) is 7.38. The average Bonchev–Trinajstić information content (AvgIpc) is 2.47. The summed E-state index contributed by atoms with van der Waals surface area (Å²) >= 11 is 3.13. The first-order chi connectivity index (χ1) is 11.1. The third-order valence-corrected chi connectivity index (χ3v) is 3.74. The van der Waals surface area contributed by atoms with E-state index in [9.17, 15) is 18.0 Å². The van der Waals surface area contributed by atoms with Crippen LogP contribution in [0.25, 0.3) is 0 Å². The topological polar surface area (TPSA) is 64.9 Å². The van der Waals surface area contributed by atoms with Gasteiger partial charge in [0, 0.05) is 4.47 Å². The highest BCUT2D eigenvalue weighted by atomic mass is 79.9. The van der Waals surface area contributed by atoms with Crippen LogP contribution in [-0.4, -0.2) is 24.7 Å². The van der Waals surface area contributed by atoms with E-state index in [0.717, 1.165) is 0 Å². The third kappa shape index (κ3) is 6.49. The molecule has 0 bridgehead atoms. The number of alkyl halides is 3. The smallest absolute Gasteiger partial charge is 0.339 e. The highest BCUT2D eigenvalue weighted by Crippen LogP contribution is 2.33. The fourth-order valence-electron chi connectivity index (χ4n) is 2.21. The second kappa shape index (κ2) is 9.04. The summed E-state index contributed by atoms with van der Waals surface area (Å²) in [6.45, 7) is 3.59. The van der Waals surface area contributed by atoms with Crippen molar-refractivity contribution in [2.45, 2.75) is 38.5 Å². The molecule has 0 radical (unpaired) electrons. The van der Waals surface area contributed by atoms with E-state index in [1.807, 2.05) is 19.9 Å². The van der Waals surface area contributed by atoms with Crippen LogP contribution in [0.1, 0.15) is 31.9 Å². The van der Waals surface area contributed by atoms with Crippen LogP contribution in [0.15, 0.2) is 28.7 Å². The average molecular weight is 406 g/mol. The highest BCUT2D eigenvalue weighted by molar-refractivity contribution is 9.10. The largest absolute Gasteiger partial charge is 0.412 e. The van der Waals surface area contributed by atoms with E-state index in [0.29, 0.717) is 10.9 Å². The molecule has 0 spiro atoms. The molecule has 8 heteroatoms. The van der Waals surface area contributed by atoms with Crippen LogP contribution in [0.5, 0.6) is 0 Å². The van der Waals surface area contributed by atoms with Crippen molar-refractivity contribution in [2.75, 3.05) is 6.54 Å². The van der Waals surface area contributed by atoms with Gasteiger partial charge >= 0.3 is 6.18 Å². The monoisotopic (exact) mass is 405 g/mol. The van der Waals surface area contributed by atoms with Gasteiger partial charge in [0.1, 0.15) is 0 Å². The van der Waals surface area contributed by atoms with Crippen molar-refractivity contribution in [3.63, 3.8) is 0 Å². The second-order valence-corrected chi connectivity index (χ2v) is 6.68. The molecule has 0 aliphatic carbocycles. The second-order valence-electron chi connectivity index (χ2n) is 5.76. The van der Waals surface area contributed by atoms with Gasteiger partial charge in [-0.15, -0.1) is 0 Å². The molecule has 1 aromatic rings. The number of nitrogens with one attached hydrogen (secondary N) is 2. The zero-order valence-electron chi connectivity index (χ0n) is 13.3. The molecule has 2 N–H and O–H groups in total. The van der Waals surface area contributed by atoms with Crippen molar-refractivity contribution in [3.8, 4) is 6.07 Å². The summed E-state index contributed by atoms with van der Waals surface area (Å²) in [6.07, 6.45) is -4.30. The van der Waals surface area contributed by atoms with Crippen LogP contribution in [0.3, 0.4) is 0 Å². The quantitative estimate of drug-likeness (QED) is 0.679. The summed E-state index contributed by atoms with van der Waals surface area (Å²) in [5, 5.41) is 13.3. The number of hydrogen-bond donors (Lipinski definition) is 2. The zero-order valence-corrected chi connectivity index (χ0v) is 14.9. The Balaban J connectivity index is 3.00. The standard InChI is InChI=1S/C16H19BrF3N3O/c1-10(2)8-13(22-7-6-21)15(24)23-14(16(18,19)20)11-4-3-5-12(17)9-11/h3-5,9-10,13-14,22H,7-8H2,1-2H3,(H,23,24)/t13-,14?/m0/s1. The molecule has 0 saturated heterocycles. The first kappa shape index (κ1) is 20.5. The number of halogens is 4. The van der Waals surface area contributed by atoms with Gasteiger partial charge in [-0.05, 0) is 30.0 Å². The molecule has 2 atom stereocenters. The third-order valence-electron chi connectivity index (χ3n) is 3.25. The Morgan fingerprint density at radius 2 is 2.04 bits per heavy atom. The van der Waals surface area contributed by atoms with Crippen molar-refractivity contribution in [3.05, 3.63) is 34.3 Å². The van der Waals surface area contributed by atoms with E-state index in [-0.39, 0.29) is 18.0 Å². The Morgan fingerprint density at radius 1 is 1.38 bits per heavy atom. The number of amides is 1. The maximum Gasteiger partial charge on any atom is 0.412 e. The Kier molecular flexibility index (Phi) is 7.70. The summed E-state index contributed by atoms with van der Waals surface area (Å²) in [5.74, 6) is -0.691. The van der Waals surface area contributed by atoms with Gasteiger partial charge in [0.2, 0.25) is 5.91 Å². The van der Waals surface area contributed by atoms with E-state index in [1.165, 1.54) is 18.2 Å². The minimum absolute atomic E-state index is 0.0613. The van der Waals surface area contributed by atoms with Crippen molar-refractivity contribution in [1.29, 1.82) is 5.26 Å². The van der Waals surface area contributed by atoms with Gasteiger partial charge in [0.25, 0.3) is 0 Å². The summed E-state index contributed by atoms with van der Waals surface area (Å²) in [4.78, 5) is 12.3. The van der Waals surface area contributed by atoms with E-state index in [2.05, 4.69) is 26.6 Å². The van der Waals surface area contributed by atoms with Gasteiger partial charge in [-0.2, -0.15) is 18.4 Å². The minimum atomic E-state index is -4.63. The van der Waals surface area contributed by atoms with Crippen molar-refractivity contribution >= 4 is 21.8 Å². The van der Waals surface area contributed by atoms with Gasteiger partial charge < -0.3 is 5.32 Å². The number of nitrogens with zero attached hydrogens (tertiary/aromatic N) is 1. The number of rotatable bonds is 7. The number of benzene rings is 1. The summed E-state index contributed by atoms with van der Waals surface area (Å²) in [5.41, 5.74) is -0.0613. The van der Waals surface area contributed by atoms with E-state index in [4.69, 9.17) is 5.26 Å². The van der Waals surface area contributed by atoms with Crippen LogP contribution >= 0.6 is 15.9 Å². The first-order valence-corrected chi connectivity index (χ1v) is 8.17. The Labute approximate surface area is 147 Å². The normalized spacial score (nSPS) is 14.1. The van der Waals surface area contributed by atoms with Gasteiger partial charge in [-0.25, -0.2) is 0 Å². The fraction of sp³-hybridized carbons (Fsp3) is 0.500. The molecular weight excluding hydrogens is 387 g/mol. The van der Waals surface area contributed by atoms with Crippen LogP contribution < -0.4 is 10.6 Å². The molecule has 132 valence electrons. The van der Waals surface area contributed by atoms with Crippen molar-refractivity contribution in [1.82, 2.24) is 10.6 Å². The van der Waals surface area contributed by atoms with Crippen molar-refractivity contribution < 1.29 is 18.0 Å². The van der Waals surface area contributed by atoms with Crippen LogP contribution in [-0.2, 0) is 4.79 Å². The molecule has 24 heavy (non-hydrogen) atoms. The molecule has 1 amide bonds. The maximum absolute atomic E-state index is 13.4. The van der Waals surface area contributed by atoms with Crippen molar-refractivity contribution in [2.24, 2.45) is 5.92 Å². The number of carbonyl (C=O) groups excluding carboxylic acids is 1. The lowest BCUT2D eigenvalue weighted by Gasteiger charge is -2.26. The van der Waals surface area contributed by atoms with Crippen LogP contribution in [0.4, 0.5) is 13.2 Å². The maximum atomic E-state index is 13.4. The van der Waals surface area contributed by atoms with E-state index < -0.39 is 24.2 Å². The zero-order chi connectivity index (χ0) is 18.3. The summed E-state index contributed by atoms with van der Waals surface area (Å²) in [7, 11) is 0. The molecule has 1 aromatic carbocycles. The lowest BCUT2D eigenvalue weighted by molar-refractivity contribution is -0.164. The fourth-order valence-corrected chi connectivity index (χ4v) is 2.62. The van der Waals surface area contributed by atoms with Gasteiger partial charge in [-0.1, -0.05) is 41.9 Å². The lowest BCUT2D eigenvalue weighted by Crippen LogP contribution is -2.49. The van der Waals surface area contributed by atoms with E-state index in [1.54, 1.807) is 6.07 Å². The number of carbonyl (C=O) groups is 1. The SMILES string of the molecule is CC(C)C[C@H](NCC#N)C(=O)NC(c1cccc(Br)c1)C(F)(F)F. The predicted molar refractivity (Wildman–Crippen MR) is 87.9 cm³/mol. The number of nitriles is 1. The Bertz CT molecular complexity index is 599. The molecule has 4 nitrogen and oxygen atoms in total. The Morgan fingerprint density at radius 3 is 2.54 bits per heavy atom. The van der Waals surface area contributed by atoms with Gasteiger partial charge in [0.15, 0.2) is 6.04 Å². The predicted octanol–water partition coefficient (Wildman–Crippen LogP) is 3.70. The van der Waals surface area contributed by atoms with Gasteiger partial charge in [0.05, 0.1) is 18.7 Å². The van der Waals surface area contributed by atoms with Crippen LogP contribution in [0, 0.1) is 17.2 Å². The lowest BCUT2D eigenvalue weighted by atomic mass is 10.0. The van der Waals surface area contributed by atoms with Crippen LogP contribution in [0.2, 0.25) is 0 Å². The summed E-state index contributed by atoms with van der Waals surface area (Å²) in [6, 6.07) is 4.57. The molecule has 0 aromatic heterocycles. The molecule has 0 aliphatic heterocycles. The molecule has 1 unspecified atom stereocenters. The van der Waals surface area contributed by atoms with E-state index >= 15 is 0 Å².